The molecule has 10 heteroatoms. The van der Waals surface area contributed by atoms with Gasteiger partial charge in [0.1, 0.15) is 22.3 Å². The number of rotatable bonds is 6. The lowest BCUT2D eigenvalue weighted by Gasteiger charge is -2.15. The summed E-state index contributed by atoms with van der Waals surface area (Å²) in [6.45, 7) is 1.35. The van der Waals surface area contributed by atoms with Crippen molar-refractivity contribution in [3.05, 3.63) is 59.7 Å². The molecule has 0 saturated heterocycles. The molecule has 136 valence electrons. The number of carbonyl (C=O) groups is 1. The minimum Gasteiger partial charge on any atom is -0.481 e. The van der Waals surface area contributed by atoms with Crippen LogP contribution >= 0.6 is 0 Å². The quantitative estimate of drug-likeness (QED) is 0.739. The van der Waals surface area contributed by atoms with E-state index in [4.69, 9.17) is 10.00 Å². The van der Waals surface area contributed by atoms with E-state index in [2.05, 4.69) is 0 Å². The van der Waals surface area contributed by atoms with Crippen molar-refractivity contribution in [2.45, 2.75) is 17.9 Å². The van der Waals surface area contributed by atoms with Gasteiger partial charge in [0, 0.05) is 0 Å². The Labute approximate surface area is 148 Å². The highest BCUT2D eigenvalue weighted by molar-refractivity contribution is 7.89. The monoisotopic (exact) mass is 381 g/mol. The maximum atomic E-state index is 13.6. The first-order valence-corrected chi connectivity index (χ1v) is 8.65. The molecule has 0 bridgehead atoms. The number of nitrogens with one attached hydrogen (secondary N) is 2. The summed E-state index contributed by atoms with van der Waals surface area (Å²) in [4.78, 5) is 12.6. The molecule has 2 rings (SSSR count). The van der Waals surface area contributed by atoms with Crippen molar-refractivity contribution < 1.29 is 26.7 Å². The number of nitriles is 1. The second kappa shape index (κ2) is 7.90. The van der Waals surface area contributed by atoms with Gasteiger partial charge in [0.05, 0.1) is 11.6 Å². The summed E-state index contributed by atoms with van der Waals surface area (Å²) in [5, 5.41) is 8.71. The van der Waals surface area contributed by atoms with Crippen LogP contribution in [0.25, 0.3) is 0 Å². The summed E-state index contributed by atoms with van der Waals surface area (Å²) >= 11 is 0. The van der Waals surface area contributed by atoms with Crippen LogP contribution in [0.5, 0.6) is 5.75 Å². The first kappa shape index (κ1) is 19.3. The maximum absolute atomic E-state index is 13.6. The van der Waals surface area contributed by atoms with Crippen molar-refractivity contribution >= 4 is 15.9 Å². The third-order valence-electron chi connectivity index (χ3n) is 3.16. The minimum atomic E-state index is -4.51. The van der Waals surface area contributed by atoms with Gasteiger partial charge >= 0.3 is 0 Å². The number of benzene rings is 2. The Morgan fingerprint density at radius 3 is 2.46 bits per heavy atom. The van der Waals surface area contributed by atoms with E-state index in [1.165, 1.54) is 31.2 Å². The Morgan fingerprint density at radius 1 is 1.19 bits per heavy atom. The van der Waals surface area contributed by atoms with E-state index < -0.39 is 38.6 Å². The number of ether oxygens (including phenoxy) is 1. The Balaban J connectivity index is 2.00. The normalized spacial score (nSPS) is 12.1. The molecular weight excluding hydrogens is 368 g/mol. The van der Waals surface area contributed by atoms with Gasteiger partial charge in [-0.15, -0.1) is 4.83 Å². The Morgan fingerprint density at radius 2 is 1.85 bits per heavy atom. The summed E-state index contributed by atoms with van der Waals surface area (Å²) < 4.78 is 55.9. The van der Waals surface area contributed by atoms with E-state index in [-0.39, 0.29) is 5.75 Å². The fraction of sp³-hybridized carbons (Fsp3) is 0.125. The van der Waals surface area contributed by atoms with Gasteiger partial charge < -0.3 is 4.74 Å². The molecule has 26 heavy (non-hydrogen) atoms. The number of halogens is 2. The van der Waals surface area contributed by atoms with Crippen molar-refractivity contribution in [3.63, 3.8) is 0 Å². The van der Waals surface area contributed by atoms with Crippen molar-refractivity contribution in [2.75, 3.05) is 0 Å². The van der Waals surface area contributed by atoms with Crippen LogP contribution in [0, 0.1) is 23.0 Å². The Kier molecular flexibility index (Phi) is 5.86. The smallest absolute Gasteiger partial charge is 0.275 e. The number of carbonyl (C=O) groups excluding carboxylic acids is 1. The standard InChI is InChI=1S/C16H13F2N3O4S/c1-10(25-13-5-2-11(9-19)3-6-13)16(22)20-21-26(23,24)15-8-12(17)4-7-14(15)18/h2-8,10,21H,1H3,(H,20,22)/t10-/m0/s1. The molecule has 2 N–H and O–H groups in total. The van der Waals surface area contributed by atoms with Gasteiger partial charge in [0.25, 0.3) is 15.9 Å². The average Bonchev–Trinajstić information content (AvgIpc) is 2.62. The van der Waals surface area contributed by atoms with Gasteiger partial charge in [-0.2, -0.15) is 5.26 Å². The molecule has 2 aromatic rings. The average molecular weight is 381 g/mol. The van der Waals surface area contributed by atoms with Gasteiger partial charge in [0.2, 0.25) is 0 Å². The lowest BCUT2D eigenvalue weighted by atomic mass is 10.2. The van der Waals surface area contributed by atoms with E-state index in [9.17, 15) is 22.0 Å². The molecule has 0 radical (unpaired) electrons. The van der Waals surface area contributed by atoms with Crippen LogP contribution in [0.3, 0.4) is 0 Å². The summed E-state index contributed by atoms with van der Waals surface area (Å²) in [7, 11) is -4.51. The molecule has 0 aliphatic heterocycles. The van der Waals surface area contributed by atoms with Gasteiger partial charge in [-0.3, -0.25) is 10.2 Å². The number of nitrogens with zero attached hydrogens (tertiary/aromatic N) is 1. The number of amides is 1. The maximum Gasteiger partial charge on any atom is 0.275 e. The summed E-state index contributed by atoms with van der Waals surface area (Å²) in [5.74, 6) is -2.70. The highest BCUT2D eigenvalue weighted by Crippen LogP contribution is 2.15. The lowest BCUT2D eigenvalue weighted by Crippen LogP contribution is -2.47. The summed E-state index contributed by atoms with van der Waals surface area (Å²) in [5.41, 5.74) is 2.27. The van der Waals surface area contributed by atoms with E-state index in [0.717, 1.165) is 6.07 Å². The second-order valence-electron chi connectivity index (χ2n) is 5.07. The van der Waals surface area contributed by atoms with Crippen LogP contribution < -0.4 is 15.0 Å². The zero-order valence-electron chi connectivity index (χ0n) is 13.4. The molecule has 0 heterocycles. The first-order valence-electron chi connectivity index (χ1n) is 7.16. The Bertz CT molecular complexity index is 956. The number of hydrogen-bond acceptors (Lipinski definition) is 5. The number of hydrogen-bond donors (Lipinski definition) is 2. The fourth-order valence-electron chi connectivity index (χ4n) is 1.82. The van der Waals surface area contributed by atoms with Crippen LogP contribution in [0.2, 0.25) is 0 Å². The molecule has 7 nitrogen and oxygen atoms in total. The molecule has 0 saturated carbocycles. The topological polar surface area (TPSA) is 108 Å². The highest BCUT2D eigenvalue weighted by atomic mass is 32.2. The minimum absolute atomic E-state index is 0.283. The predicted octanol–water partition coefficient (Wildman–Crippen LogP) is 1.61. The highest BCUT2D eigenvalue weighted by Gasteiger charge is 2.22. The largest absolute Gasteiger partial charge is 0.481 e. The van der Waals surface area contributed by atoms with Gasteiger partial charge in [0.15, 0.2) is 6.10 Å². The van der Waals surface area contributed by atoms with Gasteiger partial charge in [-0.1, -0.05) is 0 Å². The van der Waals surface area contributed by atoms with E-state index in [1.807, 2.05) is 11.5 Å². The molecule has 0 fully saturated rings. The van der Waals surface area contributed by atoms with Crippen molar-refractivity contribution in [1.29, 1.82) is 5.26 Å². The van der Waals surface area contributed by atoms with Crippen LogP contribution in [-0.2, 0) is 14.8 Å². The van der Waals surface area contributed by atoms with E-state index >= 15 is 0 Å². The van der Waals surface area contributed by atoms with Crippen LogP contribution in [0.15, 0.2) is 47.4 Å². The zero-order chi connectivity index (χ0) is 19.3. The third-order valence-corrected chi connectivity index (χ3v) is 4.42. The molecule has 0 aromatic heterocycles. The molecule has 0 unspecified atom stereocenters. The Hall–Kier alpha value is -3.03. The van der Waals surface area contributed by atoms with E-state index in [1.54, 1.807) is 4.83 Å². The summed E-state index contributed by atoms with van der Waals surface area (Å²) in [6.07, 6.45) is -1.11. The predicted molar refractivity (Wildman–Crippen MR) is 86.1 cm³/mol. The van der Waals surface area contributed by atoms with Crippen molar-refractivity contribution in [3.8, 4) is 11.8 Å². The lowest BCUT2D eigenvalue weighted by molar-refractivity contribution is -0.127. The molecule has 1 atom stereocenters. The fourth-order valence-corrected chi connectivity index (χ4v) is 2.76. The SMILES string of the molecule is C[C@H](Oc1ccc(C#N)cc1)C(=O)NNS(=O)(=O)c1cc(F)ccc1F. The molecule has 1 amide bonds. The van der Waals surface area contributed by atoms with Gasteiger partial charge in [-0.05, 0) is 49.4 Å². The molecular formula is C16H13F2N3O4S. The molecule has 0 spiro atoms. The molecule has 0 aliphatic carbocycles. The second-order valence-corrected chi connectivity index (χ2v) is 6.72. The third kappa shape index (κ3) is 4.75. The van der Waals surface area contributed by atoms with E-state index in [0.29, 0.717) is 17.7 Å². The van der Waals surface area contributed by atoms with Gasteiger partial charge in [-0.25, -0.2) is 17.2 Å². The molecule has 0 aliphatic rings. The summed E-state index contributed by atoms with van der Waals surface area (Å²) in [6, 6.07) is 9.73. The number of hydrazine groups is 1. The van der Waals surface area contributed by atoms with Crippen LogP contribution in [0.1, 0.15) is 12.5 Å². The van der Waals surface area contributed by atoms with Crippen molar-refractivity contribution in [1.82, 2.24) is 10.3 Å². The zero-order valence-corrected chi connectivity index (χ0v) is 14.2. The van der Waals surface area contributed by atoms with Crippen molar-refractivity contribution in [2.24, 2.45) is 0 Å². The molecule has 2 aromatic carbocycles. The van der Waals surface area contributed by atoms with Crippen LogP contribution in [-0.4, -0.2) is 20.4 Å². The number of sulfonamides is 1. The first-order chi connectivity index (χ1) is 12.2. The van der Waals surface area contributed by atoms with Crippen LogP contribution in [0.4, 0.5) is 8.78 Å².